The smallest absolute Gasteiger partial charge is 0.329 e. The number of rotatable bonds is 4. The number of ketones is 2. The van der Waals surface area contributed by atoms with Crippen molar-refractivity contribution in [3.8, 4) is 10.4 Å². The van der Waals surface area contributed by atoms with E-state index in [-0.39, 0.29) is 11.6 Å². The lowest BCUT2D eigenvalue weighted by Gasteiger charge is -2.15. The van der Waals surface area contributed by atoms with Crippen LogP contribution in [-0.2, 0) is 19.1 Å². The second-order valence-electron chi connectivity index (χ2n) is 5.46. The second-order valence-corrected chi connectivity index (χ2v) is 6.57. The maximum absolute atomic E-state index is 13.0. The number of halogens is 1. The highest BCUT2D eigenvalue weighted by atomic mass is 32.1. The summed E-state index contributed by atoms with van der Waals surface area (Å²) in [6.07, 6.45) is 3.90. The van der Waals surface area contributed by atoms with Gasteiger partial charge in [0.2, 0.25) is 0 Å². The second kappa shape index (κ2) is 6.94. The first-order valence-corrected chi connectivity index (χ1v) is 8.27. The summed E-state index contributed by atoms with van der Waals surface area (Å²) in [5.74, 6) is -3.59. The highest BCUT2D eigenvalue weighted by Crippen LogP contribution is 2.29. The number of carbonyl (C=O) groups excluding carboxylic acids is 3. The van der Waals surface area contributed by atoms with E-state index in [4.69, 9.17) is 4.74 Å². The molecule has 0 saturated carbocycles. The van der Waals surface area contributed by atoms with E-state index in [1.807, 2.05) is 6.07 Å². The van der Waals surface area contributed by atoms with Gasteiger partial charge in [-0.1, -0.05) is 12.1 Å². The van der Waals surface area contributed by atoms with Crippen molar-refractivity contribution in [3.63, 3.8) is 0 Å². The number of cyclic esters (lactones) is 1. The molecule has 1 aliphatic heterocycles. The third kappa shape index (κ3) is 3.80. The molecule has 126 valence electrons. The maximum Gasteiger partial charge on any atom is 0.329 e. The molecule has 1 atom stereocenters. The van der Waals surface area contributed by atoms with Crippen molar-refractivity contribution in [1.82, 2.24) is 0 Å². The number of carbonyl (C=O) groups is 3. The molecule has 4 nitrogen and oxygen atoms in total. The van der Waals surface area contributed by atoms with Crippen LogP contribution in [0.15, 0.2) is 54.3 Å². The molecule has 1 unspecified atom stereocenters. The minimum atomic E-state index is -1.43. The van der Waals surface area contributed by atoms with Crippen molar-refractivity contribution in [3.05, 3.63) is 65.0 Å². The lowest BCUT2D eigenvalue weighted by molar-refractivity contribution is -0.151. The number of hydrogen-bond donors (Lipinski definition) is 0. The van der Waals surface area contributed by atoms with E-state index in [9.17, 15) is 18.8 Å². The Morgan fingerprint density at radius 3 is 2.56 bits per heavy atom. The molecule has 1 aromatic carbocycles. The summed E-state index contributed by atoms with van der Waals surface area (Å²) in [5, 5.41) is 0. The fourth-order valence-electron chi connectivity index (χ4n) is 2.38. The first kappa shape index (κ1) is 17.0. The zero-order valence-electron chi connectivity index (χ0n) is 13.2. The van der Waals surface area contributed by atoms with Gasteiger partial charge >= 0.3 is 5.97 Å². The van der Waals surface area contributed by atoms with Gasteiger partial charge in [0.25, 0.3) is 0 Å². The Kier molecular flexibility index (Phi) is 4.72. The van der Waals surface area contributed by atoms with Gasteiger partial charge in [0.15, 0.2) is 17.5 Å². The number of ether oxygens (including phenoxy) is 1. The zero-order valence-corrected chi connectivity index (χ0v) is 14.0. The molecular formula is C19H13FO4S. The van der Waals surface area contributed by atoms with Crippen molar-refractivity contribution in [2.24, 2.45) is 5.92 Å². The molecule has 25 heavy (non-hydrogen) atoms. The summed E-state index contributed by atoms with van der Waals surface area (Å²) in [4.78, 5) is 37.4. The topological polar surface area (TPSA) is 60.4 Å². The van der Waals surface area contributed by atoms with Gasteiger partial charge < -0.3 is 4.74 Å². The van der Waals surface area contributed by atoms with Crippen LogP contribution in [0.1, 0.15) is 11.8 Å². The van der Waals surface area contributed by atoms with Crippen LogP contribution < -0.4 is 0 Å². The predicted octanol–water partition coefficient (Wildman–Crippen LogP) is 3.78. The van der Waals surface area contributed by atoms with Gasteiger partial charge in [0.05, 0.1) is 0 Å². The van der Waals surface area contributed by atoms with Gasteiger partial charge in [-0.15, -0.1) is 11.3 Å². The van der Waals surface area contributed by atoms with Crippen molar-refractivity contribution < 1.29 is 23.5 Å². The summed E-state index contributed by atoms with van der Waals surface area (Å²) in [6.45, 7) is 1.48. The third-order valence-corrected chi connectivity index (χ3v) is 4.68. The van der Waals surface area contributed by atoms with Crippen LogP contribution >= 0.6 is 11.3 Å². The number of thiophene rings is 1. The third-order valence-electron chi connectivity index (χ3n) is 3.58. The molecule has 0 saturated heterocycles. The predicted molar refractivity (Wildman–Crippen MR) is 92.1 cm³/mol. The standard InChI is InChI=1S/C19H13FO4S/c1-11-10-16(22)18(19(23)24-11)15(21)8-6-14-7-9-17(25-14)12-2-4-13(20)5-3-12/h2-10,18H,1H3/b8-6+. The molecule has 0 spiro atoms. The summed E-state index contributed by atoms with van der Waals surface area (Å²) < 4.78 is 17.8. The largest absolute Gasteiger partial charge is 0.430 e. The molecule has 0 N–H and O–H groups in total. The number of hydrogen-bond acceptors (Lipinski definition) is 5. The molecule has 2 heterocycles. The van der Waals surface area contributed by atoms with Gasteiger partial charge in [0, 0.05) is 15.8 Å². The van der Waals surface area contributed by atoms with Gasteiger partial charge in [-0.25, -0.2) is 4.39 Å². The van der Waals surface area contributed by atoms with Gasteiger partial charge in [-0.05, 0) is 48.9 Å². The molecule has 0 aliphatic carbocycles. The zero-order chi connectivity index (χ0) is 18.0. The normalized spacial score (nSPS) is 17.5. The Hall–Kier alpha value is -2.86. The van der Waals surface area contributed by atoms with E-state index in [1.54, 1.807) is 24.3 Å². The molecule has 0 fully saturated rings. The average Bonchev–Trinajstić information content (AvgIpc) is 3.01. The summed E-state index contributed by atoms with van der Waals surface area (Å²) in [5.41, 5.74) is 0.865. The quantitative estimate of drug-likeness (QED) is 0.475. The highest BCUT2D eigenvalue weighted by Gasteiger charge is 2.36. The van der Waals surface area contributed by atoms with E-state index in [2.05, 4.69) is 0 Å². The Bertz CT molecular complexity index is 906. The summed E-state index contributed by atoms with van der Waals surface area (Å²) in [7, 11) is 0. The molecule has 2 aromatic rings. The fourth-order valence-corrected chi connectivity index (χ4v) is 3.29. The molecule has 1 aliphatic rings. The first-order chi connectivity index (χ1) is 11.9. The molecule has 0 bridgehead atoms. The molecule has 0 amide bonds. The maximum atomic E-state index is 13.0. The summed E-state index contributed by atoms with van der Waals surface area (Å²) >= 11 is 1.41. The van der Waals surface area contributed by atoms with Crippen LogP contribution in [0.25, 0.3) is 16.5 Å². The van der Waals surface area contributed by atoms with Crippen molar-refractivity contribution in [1.29, 1.82) is 0 Å². The average molecular weight is 356 g/mol. The van der Waals surface area contributed by atoms with E-state index in [1.165, 1.54) is 36.5 Å². The Balaban J connectivity index is 1.74. The van der Waals surface area contributed by atoms with Gasteiger partial charge in [0.1, 0.15) is 11.6 Å². The van der Waals surface area contributed by atoms with E-state index >= 15 is 0 Å². The molecule has 0 radical (unpaired) electrons. The number of esters is 1. The van der Waals surface area contributed by atoms with Gasteiger partial charge in [-0.3, -0.25) is 14.4 Å². The molecule has 1 aromatic heterocycles. The van der Waals surface area contributed by atoms with Crippen LogP contribution in [-0.4, -0.2) is 17.5 Å². The van der Waals surface area contributed by atoms with Crippen LogP contribution in [0.4, 0.5) is 4.39 Å². The summed E-state index contributed by atoms with van der Waals surface area (Å²) in [6, 6.07) is 9.76. The number of benzene rings is 1. The lowest BCUT2D eigenvalue weighted by atomic mass is 9.96. The minimum Gasteiger partial charge on any atom is -0.430 e. The van der Waals surface area contributed by atoms with Gasteiger partial charge in [-0.2, -0.15) is 0 Å². The van der Waals surface area contributed by atoms with Crippen LogP contribution in [0, 0.1) is 11.7 Å². The van der Waals surface area contributed by atoms with E-state index < -0.39 is 23.5 Å². The molecular weight excluding hydrogens is 343 g/mol. The molecule has 3 rings (SSSR count). The van der Waals surface area contributed by atoms with Crippen molar-refractivity contribution in [2.45, 2.75) is 6.92 Å². The van der Waals surface area contributed by atoms with E-state index in [0.717, 1.165) is 21.4 Å². The lowest BCUT2D eigenvalue weighted by Crippen LogP contribution is -2.34. The Labute approximate surface area is 147 Å². The van der Waals surface area contributed by atoms with Crippen LogP contribution in [0.5, 0.6) is 0 Å². The van der Waals surface area contributed by atoms with Crippen LogP contribution in [0.3, 0.4) is 0 Å². The molecule has 6 heteroatoms. The van der Waals surface area contributed by atoms with E-state index in [0.29, 0.717) is 0 Å². The SMILES string of the molecule is CC1=CC(=O)C(C(=O)/C=C/c2ccc(-c3ccc(F)cc3)s2)C(=O)O1. The van der Waals surface area contributed by atoms with Crippen LogP contribution in [0.2, 0.25) is 0 Å². The monoisotopic (exact) mass is 356 g/mol. The Morgan fingerprint density at radius 2 is 1.88 bits per heavy atom. The van der Waals surface area contributed by atoms with Crippen molar-refractivity contribution in [2.75, 3.05) is 0 Å². The van der Waals surface area contributed by atoms with Crippen molar-refractivity contribution >= 4 is 34.9 Å². The first-order valence-electron chi connectivity index (χ1n) is 7.45. The fraction of sp³-hybridized carbons (Fsp3) is 0.105. The minimum absolute atomic E-state index is 0.185. The number of allylic oxidation sites excluding steroid dienone is 3. The highest BCUT2D eigenvalue weighted by molar-refractivity contribution is 7.16. The Morgan fingerprint density at radius 1 is 1.16 bits per heavy atom.